The fourth-order valence-corrected chi connectivity index (χ4v) is 4.19. The minimum atomic E-state index is -0.130. The Balaban J connectivity index is 1.54. The summed E-state index contributed by atoms with van der Waals surface area (Å²) in [5.74, 6) is 0.814. The number of nitrogens with one attached hydrogen (secondary N) is 3. The van der Waals surface area contributed by atoms with Crippen LogP contribution in [0.3, 0.4) is 0 Å². The number of guanidine groups is 1. The second-order valence-electron chi connectivity index (χ2n) is 8.55. The molecule has 2 aliphatic rings. The molecule has 0 bridgehead atoms. The predicted octanol–water partition coefficient (Wildman–Crippen LogP) is 3.11. The average molecular weight is 389 g/mol. The molecule has 3 rings (SSSR count). The molecule has 28 heavy (non-hydrogen) atoms. The number of benzene rings is 1. The van der Waals surface area contributed by atoms with E-state index in [1.165, 1.54) is 6.07 Å². The first-order valence-electron chi connectivity index (χ1n) is 10.5. The highest BCUT2D eigenvalue weighted by Crippen LogP contribution is 2.48. The maximum absolute atomic E-state index is 14.2. The lowest BCUT2D eigenvalue weighted by atomic mass is 9.85. The maximum atomic E-state index is 14.2. The number of halogens is 1. The molecule has 2 saturated carbocycles. The lowest BCUT2D eigenvalue weighted by molar-refractivity contribution is -0.126. The van der Waals surface area contributed by atoms with E-state index < -0.39 is 0 Å². The van der Waals surface area contributed by atoms with Crippen molar-refractivity contribution in [1.82, 2.24) is 16.0 Å². The van der Waals surface area contributed by atoms with Crippen LogP contribution in [-0.2, 0) is 10.2 Å². The molecule has 3 N–H and O–H groups in total. The van der Waals surface area contributed by atoms with E-state index in [1.807, 2.05) is 26.0 Å². The number of carbonyl (C=O) groups excluding carboxylic acids is 1. The third-order valence-electron chi connectivity index (χ3n) is 5.93. The first-order valence-corrected chi connectivity index (χ1v) is 10.5. The van der Waals surface area contributed by atoms with E-state index in [2.05, 4.69) is 20.9 Å². The highest BCUT2D eigenvalue weighted by atomic mass is 19.1. The molecule has 6 heteroatoms. The molecule has 0 aliphatic heterocycles. The Kier molecular flexibility index (Phi) is 6.57. The van der Waals surface area contributed by atoms with Crippen molar-refractivity contribution < 1.29 is 9.18 Å². The van der Waals surface area contributed by atoms with Crippen LogP contribution in [0.1, 0.15) is 57.9 Å². The standard InChI is InChI=1S/C22H33FN4O/c1-15(2)26-20(28)16-7-6-8-17(13-16)27-21(24-3)25-14-22(11-12-22)18-9-4-5-10-19(18)23/h4-5,9-10,15-17H,6-8,11-14H2,1-3H3,(H,26,28)(H2,24,25,27). The third kappa shape index (κ3) is 5.03. The molecule has 1 aromatic rings. The van der Waals surface area contributed by atoms with Crippen LogP contribution >= 0.6 is 0 Å². The molecular weight excluding hydrogens is 355 g/mol. The molecule has 5 nitrogen and oxygen atoms in total. The Morgan fingerprint density at radius 3 is 2.68 bits per heavy atom. The predicted molar refractivity (Wildman–Crippen MR) is 111 cm³/mol. The van der Waals surface area contributed by atoms with Gasteiger partial charge in [0.25, 0.3) is 0 Å². The summed E-state index contributed by atoms with van der Waals surface area (Å²) in [6.07, 6.45) is 5.79. The summed E-state index contributed by atoms with van der Waals surface area (Å²) >= 11 is 0. The fourth-order valence-electron chi connectivity index (χ4n) is 4.19. The van der Waals surface area contributed by atoms with Gasteiger partial charge in [-0.3, -0.25) is 9.79 Å². The van der Waals surface area contributed by atoms with Gasteiger partial charge in [0.1, 0.15) is 5.82 Å². The molecule has 0 spiro atoms. The monoisotopic (exact) mass is 388 g/mol. The van der Waals surface area contributed by atoms with E-state index in [-0.39, 0.29) is 35.1 Å². The van der Waals surface area contributed by atoms with E-state index in [0.717, 1.165) is 50.0 Å². The number of nitrogens with zero attached hydrogens (tertiary/aromatic N) is 1. The van der Waals surface area contributed by atoms with Crippen LogP contribution in [0, 0.1) is 11.7 Å². The molecule has 2 aliphatic carbocycles. The van der Waals surface area contributed by atoms with Gasteiger partial charge in [-0.15, -0.1) is 0 Å². The zero-order valence-corrected chi connectivity index (χ0v) is 17.2. The van der Waals surface area contributed by atoms with Crippen LogP contribution in [0.2, 0.25) is 0 Å². The zero-order valence-electron chi connectivity index (χ0n) is 17.2. The molecule has 2 fully saturated rings. The normalized spacial score (nSPS) is 24.0. The molecule has 0 radical (unpaired) electrons. The second kappa shape index (κ2) is 8.93. The first-order chi connectivity index (χ1) is 13.4. The van der Waals surface area contributed by atoms with E-state index in [9.17, 15) is 9.18 Å². The SMILES string of the molecule is CN=C(NCC1(c2ccccc2F)CC1)NC1CCCC(C(=O)NC(C)C)C1. The highest BCUT2D eigenvalue weighted by Gasteiger charge is 2.45. The fraction of sp³-hybridized carbons (Fsp3) is 0.636. The maximum Gasteiger partial charge on any atom is 0.223 e. The van der Waals surface area contributed by atoms with Crippen LogP contribution in [-0.4, -0.2) is 37.5 Å². The smallest absolute Gasteiger partial charge is 0.223 e. The molecular formula is C22H33FN4O. The zero-order chi connectivity index (χ0) is 20.1. The Bertz CT molecular complexity index is 714. The van der Waals surface area contributed by atoms with E-state index in [4.69, 9.17) is 0 Å². The molecule has 1 amide bonds. The molecule has 0 heterocycles. The summed E-state index contributed by atoms with van der Waals surface area (Å²) in [6, 6.07) is 7.45. The minimum absolute atomic E-state index is 0.0555. The highest BCUT2D eigenvalue weighted by molar-refractivity contribution is 5.81. The Labute approximate surface area is 167 Å². The topological polar surface area (TPSA) is 65.5 Å². The van der Waals surface area contributed by atoms with Gasteiger partial charge in [0.2, 0.25) is 5.91 Å². The summed E-state index contributed by atoms with van der Waals surface area (Å²) in [4.78, 5) is 16.7. The minimum Gasteiger partial charge on any atom is -0.356 e. The van der Waals surface area contributed by atoms with Crippen molar-refractivity contribution in [3.63, 3.8) is 0 Å². The lowest BCUT2D eigenvalue weighted by Gasteiger charge is -2.31. The van der Waals surface area contributed by atoms with E-state index in [1.54, 1.807) is 13.1 Å². The first kappa shape index (κ1) is 20.6. The molecule has 2 unspecified atom stereocenters. The second-order valence-corrected chi connectivity index (χ2v) is 8.55. The molecule has 2 atom stereocenters. The van der Waals surface area contributed by atoms with E-state index >= 15 is 0 Å². The number of rotatable bonds is 6. The van der Waals surface area contributed by atoms with Gasteiger partial charge in [0.05, 0.1) is 0 Å². The van der Waals surface area contributed by atoms with E-state index in [0.29, 0.717) is 6.54 Å². The number of carbonyl (C=O) groups is 1. The number of hydrogen-bond acceptors (Lipinski definition) is 2. The molecule has 1 aromatic carbocycles. The summed E-state index contributed by atoms with van der Waals surface area (Å²) in [6.45, 7) is 4.65. The molecule has 154 valence electrons. The molecule has 0 aromatic heterocycles. The number of aliphatic imine (C=N–C) groups is 1. The number of amides is 1. The van der Waals surface area contributed by atoms with Crippen molar-refractivity contribution >= 4 is 11.9 Å². The van der Waals surface area contributed by atoms with Crippen LogP contribution in [0.15, 0.2) is 29.3 Å². The summed E-state index contributed by atoms with van der Waals surface area (Å²) in [7, 11) is 1.75. The van der Waals surface area contributed by atoms with Crippen molar-refractivity contribution in [3.8, 4) is 0 Å². The average Bonchev–Trinajstić information content (AvgIpc) is 3.46. The van der Waals surface area contributed by atoms with Crippen molar-refractivity contribution in [2.75, 3.05) is 13.6 Å². The largest absolute Gasteiger partial charge is 0.356 e. The van der Waals surface area contributed by atoms with Gasteiger partial charge < -0.3 is 16.0 Å². The van der Waals surface area contributed by atoms with Gasteiger partial charge in [-0.25, -0.2) is 4.39 Å². The quantitative estimate of drug-likeness (QED) is 0.518. The van der Waals surface area contributed by atoms with Crippen LogP contribution in [0.5, 0.6) is 0 Å². The van der Waals surface area contributed by atoms with Gasteiger partial charge in [0, 0.05) is 37.0 Å². The van der Waals surface area contributed by atoms with Gasteiger partial charge in [-0.1, -0.05) is 24.6 Å². The third-order valence-corrected chi connectivity index (χ3v) is 5.93. The number of hydrogen-bond donors (Lipinski definition) is 3. The lowest BCUT2D eigenvalue weighted by Crippen LogP contribution is -2.48. The summed E-state index contributed by atoms with van der Waals surface area (Å²) in [5.41, 5.74) is 0.663. The Morgan fingerprint density at radius 2 is 2.04 bits per heavy atom. The summed E-state index contributed by atoms with van der Waals surface area (Å²) < 4.78 is 14.2. The Hall–Kier alpha value is -2.11. The van der Waals surface area contributed by atoms with Gasteiger partial charge in [-0.05, 0) is 57.6 Å². The van der Waals surface area contributed by atoms with Crippen molar-refractivity contribution in [2.24, 2.45) is 10.9 Å². The molecule has 0 saturated heterocycles. The Morgan fingerprint density at radius 1 is 1.29 bits per heavy atom. The van der Waals surface area contributed by atoms with Crippen LogP contribution < -0.4 is 16.0 Å². The van der Waals surface area contributed by atoms with Crippen molar-refractivity contribution in [3.05, 3.63) is 35.6 Å². The van der Waals surface area contributed by atoms with Gasteiger partial charge in [0.15, 0.2) is 5.96 Å². The van der Waals surface area contributed by atoms with Gasteiger partial charge >= 0.3 is 0 Å². The van der Waals surface area contributed by atoms with Crippen molar-refractivity contribution in [2.45, 2.75) is 69.9 Å². The van der Waals surface area contributed by atoms with Crippen LogP contribution in [0.4, 0.5) is 4.39 Å². The van der Waals surface area contributed by atoms with Gasteiger partial charge in [-0.2, -0.15) is 0 Å². The summed E-state index contributed by atoms with van der Waals surface area (Å²) in [5, 5.41) is 9.90. The van der Waals surface area contributed by atoms with Crippen LogP contribution in [0.25, 0.3) is 0 Å². The van der Waals surface area contributed by atoms with Crippen molar-refractivity contribution in [1.29, 1.82) is 0 Å².